The average molecular weight is 226 g/mol. The summed E-state index contributed by atoms with van der Waals surface area (Å²) < 4.78 is 0. The molecule has 0 unspecified atom stereocenters. The molecule has 0 aliphatic carbocycles. The normalized spacial score (nSPS) is 9.81. The zero-order chi connectivity index (χ0) is 11.4. The first-order chi connectivity index (χ1) is 7.81. The maximum Gasteiger partial charge on any atom is -0.00210 e. The van der Waals surface area contributed by atoms with Crippen molar-refractivity contribution in [2.75, 3.05) is 0 Å². The highest BCUT2D eigenvalue weighted by atomic mass is 32.1. The maximum absolute atomic E-state index is 3.79. The zero-order valence-electron chi connectivity index (χ0n) is 9.31. The Balaban J connectivity index is 2.55. The molecule has 0 saturated carbocycles. The third-order valence-electron chi connectivity index (χ3n) is 2.53. The average Bonchev–Trinajstić information content (AvgIpc) is 2.32. The zero-order valence-corrected chi connectivity index (χ0v) is 10.1. The molecule has 0 spiro atoms. The van der Waals surface area contributed by atoms with Crippen LogP contribution in [0.5, 0.6) is 0 Å². The highest BCUT2D eigenvalue weighted by Gasteiger charge is 2.01. The fraction of sp³-hybridized carbons (Fsp3) is 0.0667. The molecule has 16 heavy (non-hydrogen) atoms. The lowest BCUT2D eigenvalue weighted by Gasteiger charge is -2.05. The summed E-state index contributed by atoms with van der Waals surface area (Å²) in [6.45, 7) is 2.10. The van der Waals surface area contributed by atoms with Crippen LogP contribution in [0.3, 0.4) is 0 Å². The molecule has 0 aliphatic heterocycles. The largest absolute Gasteiger partial charge is 0.160 e. The monoisotopic (exact) mass is 226 g/mol. The van der Waals surface area contributed by atoms with E-state index in [1.165, 1.54) is 33.2 Å². The van der Waals surface area contributed by atoms with Crippen molar-refractivity contribution in [1.82, 2.24) is 0 Å². The number of hydrogen-bond acceptors (Lipinski definition) is 0. The molecule has 1 heteroatoms. The Morgan fingerprint density at radius 3 is 2.38 bits per heavy atom. The van der Waals surface area contributed by atoms with E-state index in [-0.39, 0.29) is 0 Å². The second kappa shape index (κ2) is 4.95. The molecule has 2 aromatic rings. The second-order valence-corrected chi connectivity index (χ2v) is 4.31. The molecular weight excluding hydrogens is 212 g/mol. The van der Waals surface area contributed by atoms with Crippen LogP contribution in [-0.4, -0.2) is 11.2 Å². The third-order valence-corrected chi connectivity index (χ3v) is 2.95. The summed E-state index contributed by atoms with van der Waals surface area (Å²) >= 11 is 0. The minimum atomic E-state index is 1.23. The molecule has 0 atom stereocenters. The van der Waals surface area contributed by atoms with Crippen molar-refractivity contribution >= 4 is 22.2 Å². The summed E-state index contributed by atoms with van der Waals surface area (Å²) in [5.41, 5.74) is 5.04. The Kier molecular flexibility index (Phi) is 3.37. The lowest BCUT2D eigenvalue weighted by Crippen LogP contribution is -1.86. The standard InChI is InChI=1S/C15H14S/c1-12-7-9-13(10-8-12)15-6-4-3-5-14(15)11-16-2/h3-11H,2H2,1H3. The summed E-state index contributed by atoms with van der Waals surface area (Å²) in [7, 11) is 1.49. The first-order valence-electron chi connectivity index (χ1n) is 5.21. The summed E-state index contributed by atoms with van der Waals surface area (Å²) in [6, 6.07) is 17.0. The van der Waals surface area contributed by atoms with Gasteiger partial charge in [0.15, 0.2) is 0 Å². The van der Waals surface area contributed by atoms with Crippen molar-refractivity contribution in [1.29, 1.82) is 0 Å². The van der Waals surface area contributed by atoms with Crippen molar-refractivity contribution in [3.8, 4) is 11.1 Å². The van der Waals surface area contributed by atoms with Crippen molar-refractivity contribution in [3.05, 3.63) is 59.7 Å². The van der Waals surface area contributed by atoms with E-state index >= 15 is 0 Å². The molecule has 0 radical (unpaired) electrons. The van der Waals surface area contributed by atoms with Gasteiger partial charge in [0.05, 0.1) is 0 Å². The Morgan fingerprint density at radius 1 is 1.00 bits per heavy atom. The first-order valence-corrected chi connectivity index (χ1v) is 6.26. The van der Waals surface area contributed by atoms with Gasteiger partial charge >= 0.3 is 0 Å². The van der Waals surface area contributed by atoms with Gasteiger partial charge in [0, 0.05) is 0 Å². The topological polar surface area (TPSA) is 0 Å². The van der Waals surface area contributed by atoms with Crippen LogP contribution in [-0.2, 0) is 0 Å². The van der Waals surface area contributed by atoms with Gasteiger partial charge in [-0.2, -0.15) is 10.9 Å². The van der Waals surface area contributed by atoms with Gasteiger partial charge in [-0.15, -0.1) is 0 Å². The van der Waals surface area contributed by atoms with Crippen LogP contribution < -0.4 is 0 Å². The lowest BCUT2D eigenvalue weighted by molar-refractivity contribution is 1.47. The highest BCUT2D eigenvalue weighted by Crippen LogP contribution is 2.22. The number of rotatable bonds is 2. The molecule has 0 nitrogen and oxygen atoms in total. The third kappa shape index (κ3) is 2.31. The van der Waals surface area contributed by atoms with Crippen LogP contribution in [0.15, 0.2) is 48.5 Å². The van der Waals surface area contributed by atoms with Crippen LogP contribution in [0.4, 0.5) is 0 Å². The minimum Gasteiger partial charge on any atom is -0.160 e. The van der Waals surface area contributed by atoms with Gasteiger partial charge in [0.1, 0.15) is 0 Å². The molecule has 2 aromatic carbocycles. The molecule has 80 valence electrons. The molecule has 0 amide bonds. The summed E-state index contributed by atoms with van der Waals surface area (Å²) in [5, 5.41) is 2.08. The van der Waals surface area contributed by atoms with Gasteiger partial charge in [0.25, 0.3) is 0 Å². The minimum absolute atomic E-state index is 1.23. The van der Waals surface area contributed by atoms with E-state index in [0.717, 1.165) is 0 Å². The van der Waals surface area contributed by atoms with Gasteiger partial charge in [-0.25, -0.2) is 0 Å². The Bertz CT molecular complexity index is 532. The highest BCUT2D eigenvalue weighted by molar-refractivity contribution is 7.95. The van der Waals surface area contributed by atoms with E-state index in [4.69, 9.17) is 0 Å². The van der Waals surface area contributed by atoms with E-state index < -0.39 is 0 Å². The summed E-state index contributed by atoms with van der Waals surface area (Å²) in [5.74, 6) is 3.79. The SMILES string of the molecule is C=S=Cc1ccccc1-c1ccc(C)cc1. The van der Waals surface area contributed by atoms with E-state index in [9.17, 15) is 0 Å². The van der Waals surface area contributed by atoms with E-state index in [0.29, 0.717) is 0 Å². The molecule has 0 aliphatic rings. The van der Waals surface area contributed by atoms with Crippen molar-refractivity contribution in [3.63, 3.8) is 0 Å². The fourth-order valence-electron chi connectivity index (χ4n) is 1.69. The van der Waals surface area contributed by atoms with Crippen LogP contribution >= 0.6 is 10.9 Å². The maximum atomic E-state index is 3.79. The predicted octanol–water partition coefficient (Wildman–Crippen LogP) is 3.98. The van der Waals surface area contributed by atoms with Crippen molar-refractivity contribution < 1.29 is 0 Å². The first kappa shape index (κ1) is 10.9. The van der Waals surface area contributed by atoms with E-state index in [1.807, 2.05) is 0 Å². The van der Waals surface area contributed by atoms with Gasteiger partial charge < -0.3 is 0 Å². The Hall–Kier alpha value is -1.60. The molecule has 0 fully saturated rings. The molecule has 2 rings (SSSR count). The quantitative estimate of drug-likeness (QED) is 0.679. The molecule has 0 N–H and O–H groups in total. The van der Waals surface area contributed by atoms with Crippen LogP contribution in [0.2, 0.25) is 0 Å². The summed E-state index contributed by atoms with van der Waals surface area (Å²) in [4.78, 5) is 0. The smallest absolute Gasteiger partial charge is 0.00210 e. The van der Waals surface area contributed by atoms with Crippen molar-refractivity contribution in [2.45, 2.75) is 6.92 Å². The molecule has 0 heterocycles. The van der Waals surface area contributed by atoms with Gasteiger partial charge in [0.2, 0.25) is 0 Å². The molecule has 0 saturated heterocycles. The molecule has 0 bridgehead atoms. The molecule has 0 aromatic heterocycles. The van der Waals surface area contributed by atoms with Gasteiger partial charge in [-0.05, 0) is 34.9 Å². The lowest BCUT2D eigenvalue weighted by atomic mass is 10.00. The van der Waals surface area contributed by atoms with Crippen LogP contribution in [0.1, 0.15) is 11.1 Å². The van der Waals surface area contributed by atoms with Crippen LogP contribution in [0.25, 0.3) is 11.1 Å². The van der Waals surface area contributed by atoms with E-state index in [1.54, 1.807) is 0 Å². The number of hydrogen-bond donors (Lipinski definition) is 0. The van der Waals surface area contributed by atoms with Crippen molar-refractivity contribution in [2.24, 2.45) is 0 Å². The Morgan fingerprint density at radius 2 is 1.69 bits per heavy atom. The van der Waals surface area contributed by atoms with E-state index in [2.05, 4.69) is 66.7 Å². The predicted molar refractivity (Wildman–Crippen MR) is 76.5 cm³/mol. The van der Waals surface area contributed by atoms with Gasteiger partial charge in [-0.1, -0.05) is 54.1 Å². The second-order valence-electron chi connectivity index (χ2n) is 3.74. The number of benzene rings is 2. The molecular formula is C15H14S. The van der Waals surface area contributed by atoms with Crippen LogP contribution in [0, 0.1) is 6.92 Å². The van der Waals surface area contributed by atoms with Gasteiger partial charge in [-0.3, -0.25) is 0 Å². The summed E-state index contributed by atoms with van der Waals surface area (Å²) in [6.07, 6.45) is 0. The number of aryl methyl sites for hydroxylation is 1. The Labute approximate surface area is 100 Å². The fourth-order valence-corrected chi connectivity index (χ4v) is 2.07.